The number of nitrogens with zero attached hydrogens (tertiary/aromatic N) is 3. The molecule has 0 amide bonds. The molecule has 0 aromatic carbocycles. The third kappa shape index (κ3) is 3.52. The van der Waals surface area contributed by atoms with Crippen LogP contribution in [-0.4, -0.2) is 42.3 Å². The van der Waals surface area contributed by atoms with Gasteiger partial charge in [-0.2, -0.15) is 4.31 Å². The highest BCUT2D eigenvalue weighted by Crippen LogP contribution is 2.30. The third-order valence-electron chi connectivity index (χ3n) is 4.17. The van der Waals surface area contributed by atoms with Crippen LogP contribution < -0.4 is 5.32 Å². The number of hydrogen-bond donors (Lipinski definition) is 1. The summed E-state index contributed by atoms with van der Waals surface area (Å²) in [6.07, 6.45) is 7.04. The fraction of sp³-hybridized carbons (Fsp3) is 0.714. The van der Waals surface area contributed by atoms with E-state index in [0.29, 0.717) is 18.4 Å². The number of nitrogens with one attached hydrogen (secondary N) is 1. The van der Waals surface area contributed by atoms with Gasteiger partial charge in [0.15, 0.2) is 0 Å². The van der Waals surface area contributed by atoms with E-state index in [-0.39, 0.29) is 10.9 Å². The van der Waals surface area contributed by atoms with Gasteiger partial charge in [0.1, 0.15) is 4.90 Å². The zero-order valence-corrected chi connectivity index (χ0v) is 13.7. The van der Waals surface area contributed by atoms with Crippen molar-refractivity contribution in [2.45, 2.75) is 50.5 Å². The van der Waals surface area contributed by atoms with Crippen LogP contribution in [0.4, 0.5) is 5.95 Å². The Balaban J connectivity index is 2.19. The van der Waals surface area contributed by atoms with E-state index in [1.165, 1.54) is 23.1 Å². The summed E-state index contributed by atoms with van der Waals surface area (Å²) in [6.45, 7) is 4.76. The van der Waals surface area contributed by atoms with Gasteiger partial charge in [-0.15, -0.1) is 0 Å². The number of sulfonamides is 1. The van der Waals surface area contributed by atoms with Gasteiger partial charge in [0.05, 0.1) is 12.4 Å². The minimum Gasteiger partial charge on any atom is -0.355 e. The summed E-state index contributed by atoms with van der Waals surface area (Å²) in [5, 5.41) is 2.96. The Hall–Kier alpha value is -1.21. The van der Waals surface area contributed by atoms with Crippen LogP contribution in [0.1, 0.15) is 39.5 Å². The largest absolute Gasteiger partial charge is 0.355 e. The quantitative estimate of drug-likeness (QED) is 0.901. The number of hydrogen-bond acceptors (Lipinski definition) is 5. The zero-order chi connectivity index (χ0) is 15.5. The highest BCUT2D eigenvalue weighted by Gasteiger charge is 2.33. The molecule has 0 radical (unpaired) electrons. The number of anilines is 1. The first-order valence-electron chi connectivity index (χ1n) is 7.50. The molecule has 7 heteroatoms. The Labute approximate surface area is 127 Å². The fourth-order valence-corrected chi connectivity index (χ4v) is 4.25. The van der Waals surface area contributed by atoms with Gasteiger partial charge in [0.2, 0.25) is 16.0 Å². The van der Waals surface area contributed by atoms with Crippen LogP contribution >= 0.6 is 0 Å². The Morgan fingerprint density at radius 2 is 1.90 bits per heavy atom. The first-order chi connectivity index (χ1) is 9.96. The molecule has 0 spiro atoms. The van der Waals surface area contributed by atoms with Crippen molar-refractivity contribution in [3.05, 3.63) is 12.4 Å². The van der Waals surface area contributed by atoms with Crippen LogP contribution in [0.15, 0.2) is 17.3 Å². The smallest absolute Gasteiger partial charge is 0.246 e. The van der Waals surface area contributed by atoms with E-state index in [2.05, 4.69) is 22.2 Å². The summed E-state index contributed by atoms with van der Waals surface area (Å²) < 4.78 is 26.8. The maximum absolute atomic E-state index is 12.7. The molecular formula is C14H24N4O2S. The van der Waals surface area contributed by atoms with Gasteiger partial charge >= 0.3 is 0 Å². The minimum absolute atomic E-state index is 0.0668. The van der Waals surface area contributed by atoms with Gasteiger partial charge in [-0.1, -0.05) is 19.8 Å². The lowest BCUT2D eigenvalue weighted by Crippen LogP contribution is -2.42. The van der Waals surface area contributed by atoms with E-state index in [4.69, 9.17) is 0 Å². The zero-order valence-electron chi connectivity index (χ0n) is 12.9. The molecule has 0 aliphatic heterocycles. The molecule has 0 bridgehead atoms. The van der Waals surface area contributed by atoms with Crippen molar-refractivity contribution in [1.29, 1.82) is 0 Å². The van der Waals surface area contributed by atoms with Gasteiger partial charge < -0.3 is 5.32 Å². The summed E-state index contributed by atoms with van der Waals surface area (Å²) in [4.78, 5) is 8.26. The van der Waals surface area contributed by atoms with Crippen molar-refractivity contribution in [3.8, 4) is 0 Å². The van der Waals surface area contributed by atoms with Crippen molar-refractivity contribution in [1.82, 2.24) is 14.3 Å². The monoisotopic (exact) mass is 312 g/mol. The van der Waals surface area contributed by atoms with Crippen LogP contribution in [0.5, 0.6) is 0 Å². The fourth-order valence-electron chi connectivity index (χ4n) is 2.88. The SMILES string of the molecule is CCNc1ncc(S(=O)(=O)N(C)C2CCCCC2C)cn1. The molecule has 1 heterocycles. The Bertz CT molecular complexity index is 559. The lowest BCUT2D eigenvalue weighted by Gasteiger charge is -2.35. The molecule has 1 fully saturated rings. The standard InChI is InChI=1S/C14H24N4O2S/c1-4-15-14-16-9-12(10-17-14)21(19,20)18(3)13-8-6-5-7-11(13)2/h9-11,13H,4-8H2,1-3H3,(H,15,16,17). The molecule has 1 aliphatic rings. The second-order valence-corrected chi connectivity index (χ2v) is 7.62. The van der Waals surface area contributed by atoms with E-state index >= 15 is 0 Å². The van der Waals surface area contributed by atoms with Gasteiger partial charge in [0.25, 0.3) is 0 Å². The van der Waals surface area contributed by atoms with Crippen molar-refractivity contribution in [2.24, 2.45) is 5.92 Å². The van der Waals surface area contributed by atoms with Crippen LogP contribution in [0.25, 0.3) is 0 Å². The Morgan fingerprint density at radius 3 is 2.48 bits per heavy atom. The molecular weight excluding hydrogens is 288 g/mol. The Kier molecular flexibility index (Phi) is 5.16. The van der Waals surface area contributed by atoms with E-state index in [9.17, 15) is 8.42 Å². The molecule has 1 aromatic rings. The highest BCUT2D eigenvalue weighted by atomic mass is 32.2. The van der Waals surface area contributed by atoms with E-state index in [0.717, 1.165) is 19.3 Å². The number of rotatable bonds is 5. The average Bonchev–Trinajstić information content (AvgIpc) is 2.48. The average molecular weight is 312 g/mol. The van der Waals surface area contributed by atoms with Crippen LogP contribution in [-0.2, 0) is 10.0 Å². The summed E-state index contributed by atoms with van der Waals surface area (Å²) in [7, 11) is -1.86. The maximum atomic E-state index is 12.7. The molecule has 6 nitrogen and oxygen atoms in total. The highest BCUT2D eigenvalue weighted by molar-refractivity contribution is 7.89. The second-order valence-electron chi connectivity index (χ2n) is 5.62. The first-order valence-corrected chi connectivity index (χ1v) is 8.94. The molecule has 21 heavy (non-hydrogen) atoms. The summed E-state index contributed by atoms with van der Waals surface area (Å²) in [5.41, 5.74) is 0. The minimum atomic E-state index is -3.52. The first kappa shape index (κ1) is 16.2. The third-order valence-corrected chi connectivity index (χ3v) is 6.01. The molecule has 1 saturated carbocycles. The van der Waals surface area contributed by atoms with Crippen molar-refractivity contribution in [2.75, 3.05) is 18.9 Å². The normalized spacial score (nSPS) is 23.2. The van der Waals surface area contributed by atoms with Crippen LogP contribution in [0, 0.1) is 5.92 Å². The summed E-state index contributed by atoms with van der Waals surface area (Å²) in [6, 6.07) is 0.0668. The molecule has 2 atom stereocenters. The summed E-state index contributed by atoms with van der Waals surface area (Å²) in [5.74, 6) is 0.839. The van der Waals surface area contributed by atoms with Crippen molar-refractivity contribution in [3.63, 3.8) is 0 Å². The topological polar surface area (TPSA) is 75.2 Å². The van der Waals surface area contributed by atoms with E-state index in [1.54, 1.807) is 7.05 Å². The van der Waals surface area contributed by atoms with Crippen molar-refractivity contribution >= 4 is 16.0 Å². The van der Waals surface area contributed by atoms with Gasteiger partial charge in [0, 0.05) is 19.6 Å². The summed E-state index contributed by atoms with van der Waals surface area (Å²) >= 11 is 0. The maximum Gasteiger partial charge on any atom is 0.246 e. The molecule has 1 N–H and O–H groups in total. The van der Waals surface area contributed by atoms with Gasteiger partial charge in [-0.05, 0) is 25.7 Å². The molecule has 1 aliphatic carbocycles. The molecule has 2 rings (SSSR count). The Morgan fingerprint density at radius 1 is 1.29 bits per heavy atom. The molecule has 2 unspecified atom stereocenters. The lowest BCUT2D eigenvalue weighted by molar-refractivity contribution is 0.213. The molecule has 1 aromatic heterocycles. The van der Waals surface area contributed by atoms with Crippen LogP contribution in [0.2, 0.25) is 0 Å². The predicted octanol–water partition coefficient (Wildman–Crippen LogP) is 2.11. The van der Waals surface area contributed by atoms with Crippen molar-refractivity contribution < 1.29 is 8.42 Å². The van der Waals surface area contributed by atoms with E-state index < -0.39 is 10.0 Å². The van der Waals surface area contributed by atoms with Crippen LogP contribution in [0.3, 0.4) is 0 Å². The molecule has 0 saturated heterocycles. The van der Waals surface area contributed by atoms with E-state index in [1.807, 2.05) is 6.92 Å². The predicted molar refractivity (Wildman–Crippen MR) is 82.6 cm³/mol. The second kappa shape index (κ2) is 6.70. The molecule has 118 valence electrons. The van der Waals surface area contributed by atoms with Gasteiger partial charge in [-0.25, -0.2) is 18.4 Å². The number of aromatic nitrogens is 2. The van der Waals surface area contributed by atoms with Gasteiger partial charge in [-0.3, -0.25) is 0 Å². The lowest BCUT2D eigenvalue weighted by atomic mass is 9.86.